The minimum Gasteiger partial charge on any atom is -0.325 e. The summed E-state index contributed by atoms with van der Waals surface area (Å²) in [7, 11) is 0. The maximum absolute atomic E-state index is 13.6. The molecule has 4 nitrogen and oxygen atoms in total. The molecule has 0 radical (unpaired) electrons. The van der Waals surface area contributed by atoms with E-state index >= 15 is 0 Å². The fraction of sp³-hybridized carbons (Fsp3) is 0.273. The first kappa shape index (κ1) is 10.8. The molecule has 0 spiro atoms. The van der Waals surface area contributed by atoms with E-state index < -0.39 is 0 Å². The van der Waals surface area contributed by atoms with Gasteiger partial charge in [0.25, 0.3) is 0 Å². The standard InChI is InChI=1S/C11H13FN4/c1-2-10-9(7-13)14-15-16(10)11-6-4-3-5-8(11)12/h3-6H,2,7,13H2,1H3. The maximum Gasteiger partial charge on any atom is 0.148 e. The summed E-state index contributed by atoms with van der Waals surface area (Å²) in [5.41, 5.74) is 7.52. The lowest BCUT2D eigenvalue weighted by Crippen LogP contribution is -2.06. The van der Waals surface area contributed by atoms with Crippen molar-refractivity contribution >= 4 is 0 Å². The molecule has 2 rings (SSSR count). The first-order chi connectivity index (χ1) is 7.77. The lowest BCUT2D eigenvalue weighted by molar-refractivity contribution is 0.603. The molecule has 84 valence electrons. The van der Waals surface area contributed by atoms with Crippen LogP contribution in [0.15, 0.2) is 24.3 Å². The molecule has 0 atom stereocenters. The van der Waals surface area contributed by atoms with Gasteiger partial charge >= 0.3 is 0 Å². The van der Waals surface area contributed by atoms with Gasteiger partial charge in [-0.2, -0.15) is 0 Å². The van der Waals surface area contributed by atoms with Gasteiger partial charge in [0.2, 0.25) is 0 Å². The average Bonchev–Trinajstić information content (AvgIpc) is 2.72. The van der Waals surface area contributed by atoms with Crippen molar-refractivity contribution in [1.29, 1.82) is 0 Å². The van der Waals surface area contributed by atoms with E-state index in [9.17, 15) is 4.39 Å². The van der Waals surface area contributed by atoms with Crippen LogP contribution in [0.4, 0.5) is 4.39 Å². The van der Waals surface area contributed by atoms with E-state index in [0.29, 0.717) is 24.3 Å². The number of aromatic nitrogens is 3. The Kier molecular flexibility index (Phi) is 2.96. The van der Waals surface area contributed by atoms with Crippen LogP contribution in [0.25, 0.3) is 5.69 Å². The second-order valence-corrected chi connectivity index (χ2v) is 3.40. The lowest BCUT2D eigenvalue weighted by atomic mass is 10.2. The fourth-order valence-corrected chi connectivity index (χ4v) is 1.66. The van der Waals surface area contributed by atoms with Gasteiger partial charge in [0.15, 0.2) is 0 Å². The molecule has 2 aromatic rings. The zero-order chi connectivity index (χ0) is 11.5. The van der Waals surface area contributed by atoms with Crippen LogP contribution in [-0.2, 0) is 13.0 Å². The Morgan fingerprint density at radius 1 is 1.38 bits per heavy atom. The molecule has 2 N–H and O–H groups in total. The van der Waals surface area contributed by atoms with E-state index in [1.807, 2.05) is 6.92 Å². The van der Waals surface area contributed by atoms with Crippen molar-refractivity contribution in [3.05, 3.63) is 41.5 Å². The Morgan fingerprint density at radius 3 is 2.75 bits per heavy atom. The van der Waals surface area contributed by atoms with E-state index in [1.165, 1.54) is 10.7 Å². The molecule has 0 aliphatic carbocycles. The minimum absolute atomic E-state index is 0.314. The number of halogens is 1. The van der Waals surface area contributed by atoms with Crippen molar-refractivity contribution in [2.75, 3.05) is 0 Å². The summed E-state index contributed by atoms with van der Waals surface area (Å²) < 4.78 is 15.1. The average molecular weight is 220 g/mol. The van der Waals surface area contributed by atoms with Gasteiger partial charge in [0.05, 0.1) is 11.4 Å². The van der Waals surface area contributed by atoms with Crippen LogP contribution in [-0.4, -0.2) is 15.0 Å². The van der Waals surface area contributed by atoms with Crippen molar-refractivity contribution in [2.45, 2.75) is 19.9 Å². The van der Waals surface area contributed by atoms with Gasteiger partial charge in [-0.1, -0.05) is 24.3 Å². The molecular weight excluding hydrogens is 207 g/mol. The Balaban J connectivity index is 2.56. The van der Waals surface area contributed by atoms with Crippen LogP contribution in [0.2, 0.25) is 0 Å². The quantitative estimate of drug-likeness (QED) is 0.851. The first-order valence-electron chi connectivity index (χ1n) is 5.16. The fourth-order valence-electron chi connectivity index (χ4n) is 1.66. The van der Waals surface area contributed by atoms with Gasteiger partial charge in [-0.15, -0.1) is 5.10 Å². The third kappa shape index (κ3) is 1.69. The highest BCUT2D eigenvalue weighted by Gasteiger charge is 2.13. The van der Waals surface area contributed by atoms with Crippen molar-refractivity contribution in [3.63, 3.8) is 0 Å². The van der Waals surface area contributed by atoms with Gasteiger partial charge in [-0.3, -0.25) is 0 Å². The zero-order valence-electron chi connectivity index (χ0n) is 9.02. The second kappa shape index (κ2) is 4.40. The van der Waals surface area contributed by atoms with Crippen LogP contribution in [0.3, 0.4) is 0 Å². The van der Waals surface area contributed by atoms with Gasteiger partial charge in [0, 0.05) is 6.54 Å². The molecule has 5 heteroatoms. The Bertz CT molecular complexity index is 492. The topological polar surface area (TPSA) is 56.7 Å². The van der Waals surface area contributed by atoms with E-state index in [4.69, 9.17) is 5.73 Å². The summed E-state index contributed by atoms with van der Waals surface area (Å²) in [5.74, 6) is -0.314. The molecule has 0 aliphatic heterocycles. The van der Waals surface area contributed by atoms with Crippen molar-refractivity contribution < 1.29 is 4.39 Å². The largest absolute Gasteiger partial charge is 0.325 e. The summed E-state index contributed by atoms with van der Waals surface area (Å²) in [5, 5.41) is 7.88. The van der Waals surface area contributed by atoms with Crippen LogP contribution in [0.5, 0.6) is 0 Å². The highest BCUT2D eigenvalue weighted by Crippen LogP contribution is 2.16. The molecule has 0 bridgehead atoms. The molecule has 0 fully saturated rings. The molecule has 1 aromatic carbocycles. The monoisotopic (exact) mass is 220 g/mol. The molecule has 0 amide bonds. The predicted molar refractivity (Wildman–Crippen MR) is 58.6 cm³/mol. The molecule has 1 heterocycles. The number of benzene rings is 1. The zero-order valence-corrected chi connectivity index (χ0v) is 9.02. The normalized spacial score (nSPS) is 10.7. The van der Waals surface area contributed by atoms with Crippen molar-refractivity contribution in [3.8, 4) is 5.69 Å². The molecule has 0 saturated carbocycles. The predicted octanol–water partition coefficient (Wildman–Crippen LogP) is 1.43. The lowest BCUT2D eigenvalue weighted by Gasteiger charge is -2.06. The Hall–Kier alpha value is -1.75. The SMILES string of the molecule is CCc1c(CN)nnn1-c1ccccc1F. The number of hydrogen-bond donors (Lipinski definition) is 1. The molecule has 1 aromatic heterocycles. The highest BCUT2D eigenvalue weighted by molar-refractivity contribution is 5.34. The second-order valence-electron chi connectivity index (χ2n) is 3.40. The van der Waals surface area contributed by atoms with E-state index in [-0.39, 0.29) is 5.82 Å². The Morgan fingerprint density at radius 2 is 2.12 bits per heavy atom. The van der Waals surface area contributed by atoms with Crippen LogP contribution < -0.4 is 5.73 Å². The third-order valence-electron chi connectivity index (χ3n) is 2.45. The summed E-state index contributed by atoms with van der Waals surface area (Å²) in [6.07, 6.45) is 0.716. The first-order valence-corrected chi connectivity index (χ1v) is 5.16. The van der Waals surface area contributed by atoms with Crippen LogP contribution >= 0.6 is 0 Å². The number of rotatable bonds is 3. The Labute approximate surface area is 92.9 Å². The van der Waals surface area contributed by atoms with Gasteiger partial charge in [-0.25, -0.2) is 9.07 Å². The summed E-state index contributed by atoms with van der Waals surface area (Å²) in [6.45, 7) is 2.28. The number of para-hydroxylation sites is 1. The highest BCUT2D eigenvalue weighted by atomic mass is 19.1. The van der Waals surface area contributed by atoms with Crippen LogP contribution in [0.1, 0.15) is 18.3 Å². The number of hydrogen-bond acceptors (Lipinski definition) is 3. The molecule has 0 aliphatic rings. The van der Waals surface area contributed by atoms with E-state index in [2.05, 4.69) is 10.3 Å². The van der Waals surface area contributed by atoms with Gasteiger partial charge < -0.3 is 5.73 Å². The van der Waals surface area contributed by atoms with E-state index in [1.54, 1.807) is 18.2 Å². The van der Waals surface area contributed by atoms with Crippen molar-refractivity contribution in [2.24, 2.45) is 5.73 Å². The van der Waals surface area contributed by atoms with Gasteiger partial charge in [-0.05, 0) is 18.6 Å². The smallest absolute Gasteiger partial charge is 0.148 e. The van der Waals surface area contributed by atoms with Crippen LogP contribution in [0, 0.1) is 5.82 Å². The van der Waals surface area contributed by atoms with Gasteiger partial charge in [0.1, 0.15) is 11.5 Å². The number of nitrogens with zero attached hydrogens (tertiary/aromatic N) is 3. The van der Waals surface area contributed by atoms with Crippen molar-refractivity contribution in [1.82, 2.24) is 15.0 Å². The summed E-state index contributed by atoms with van der Waals surface area (Å²) in [6, 6.07) is 6.48. The molecule has 16 heavy (non-hydrogen) atoms. The minimum atomic E-state index is -0.314. The molecule has 0 saturated heterocycles. The number of nitrogens with two attached hydrogens (primary N) is 1. The van der Waals surface area contributed by atoms with E-state index in [0.717, 1.165) is 5.69 Å². The maximum atomic E-state index is 13.6. The summed E-state index contributed by atoms with van der Waals surface area (Å²) >= 11 is 0. The third-order valence-corrected chi connectivity index (χ3v) is 2.45. The molecule has 0 unspecified atom stereocenters. The molecular formula is C11H13FN4. The summed E-state index contributed by atoms with van der Waals surface area (Å²) in [4.78, 5) is 0.